The maximum atomic E-state index is 11.3. The first-order chi connectivity index (χ1) is 6.42. The van der Waals surface area contributed by atoms with E-state index < -0.39 is 16.1 Å². The van der Waals surface area contributed by atoms with Gasteiger partial charge in [0.1, 0.15) is 4.90 Å². The van der Waals surface area contributed by atoms with Crippen LogP contribution in [-0.2, 0) is 19.1 Å². The molecule has 1 rings (SSSR count). The predicted octanol–water partition coefficient (Wildman–Crippen LogP) is 0.598. The summed E-state index contributed by atoms with van der Waals surface area (Å²) in [4.78, 5) is 10.5. The van der Waals surface area contributed by atoms with Gasteiger partial charge in [0.2, 0.25) is 0 Å². The fraction of sp³-hybridized carbons (Fsp3) is 0.222. The topological polar surface area (TPSA) is 60.4 Å². The van der Waals surface area contributed by atoms with Crippen molar-refractivity contribution < 1.29 is 17.4 Å². The van der Waals surface area contributed by atoms with Crippen LogP contribution in [0.15, 0.2) is 29.2 Å². The Morgan fingerprint density at radius 3 is 2.07 bits per heavy atom. The second-order valence-electron chi connectivity index (χ2n) is 2.84. The molecule has 0 aliphatic heterocycles. The van der Waals surface area contributed by atoms with E-state index >= 15 is 0 Å². The van der Waals surface area contributed by atoms with Gasteiger partial charge in [0.25, 0.3) is 0 Å². The molecule has 0 bridgehead atoms. The van der Waals surface area contributed by atoms with Gasteiger partial charge in [-0.2, -0.15) is 8.42 Å². The van der Waals surface area contributed by atoms with Gasteiger partial charge in [0.05, 0.1) is 0 Å². The summed E-state index contributed by atoms with van der Waals surface area (Å²) in [6.45, 7) is 2.88. The number of hydrogen-bond donors (Lipinski definition) is 0. The first-order valence-electron chi connectivity index (χ1n) is 3.93. The molecule has 1 aromatic carbocycles. The number of benzene rings is 1. The van der Waals surface area contributed by atoms with E-state index in [0.717, 1.165) is 12.5 Å². The summed E-state index contributed by atoms with van der Waals surface area (Å²) in [5.74, 6) is -0.842. The van der Waals surface area contributed by atoms with Gasteiger partial charge in [-0.1, -0.05) is 17.7 Å². The van der Waals surface area contributed by atoms with E-state index in [2.05, 4.69) is 4.18 Å². The Morgan fingerprint density at radius 1 is 1.20 bits per heavy atom. The van der Waals surface area contributed by atoms with Crippen LogP contribution >= 0.6 is 0 Å². The van der Waals surface area contributed by atoms with Gasteiger partial charge in [-0.3, -0.25) is 4.79 Å². The van der Waals surface area contributed by atoms with Crippen LogP contribution in [0.4, 0.5) is 0 Å². The van der Waals surface area contributed by atoms with E-state index in [1.54, 1.807) is 12.1 Å². The molecule has 0 radical (unpaired) electrons. The molecule has 0 aliphatic carbocycles. The summed E-state index contributed by atoms with van der Waals surface area (Å²) >= 11 is 0. The van der Waals surface area contributed by atoms with Gasteiger partial charge >= 0.3 is 45.6 Å². The Balaban J connectivity index is 0.00000196. The summed E-state index contributed by atoms with van der Waals surface area (Å²) in [6.07, 6.45) is 0. The molecule has 1 aromatic rings. The monoisotopic (exact) mass is 238 g/mol. The molecule has 78 valence electrons. The van der Waals surface area contributed by atoms with Crippen molar-refractivity contribution in [2.45, 2.75) is 18.7 Å². The Hall–Kier alpha value is -0.360. The Bertz CT molecular complexity index is 436. The Labute approximate surface area is 111 Å². The summed E-state index contributed by atoms with van der Waals surface area (Å²) in [5.41, 5.74) is 0.937. The molecule has 0 saturated heterocycles. The van der Waals surface area contributed by atoms with Crippen molar-refractivity contribution in [1.29, 1.82) is 0 Å². The molecule has 0 unspecified atom stereocenters. The summed E-state index contributed by atoms with van der Waals surface area (Å²) < 4.78 is 26.8. The number of rotatable bonds is 2. The molecule has 0 aliphatic rings. The minimum absolute atomic E-state index is 0. The minimum atomic E-state index is -3.93. The first-order valence-corrected chi connectivity index (χ1v) is 5.34. The van der Waals surface area contributed by atoms with Crippen molar-refractivity contribution in [3.8, 4) is 0 Å². The average molecular weight is 238 g/mol. The van der Waals surface area contributed by atoms with Crippen molar-refractivity contribution in [3.05, 3.63) is 29.8 Å². The molecule has 6 heteroatoms. The molecule has 0 heterocycles. The van der Waals surface area contributed by atoms with Crippen LogP contribution in [0.1, 0.15) is 12.5 Å². The second kappa shape index (κ2) is 5.65. The van der Waals surface area contributed by atoms with E-state index in [-0.39, 0.29) is 34.5 Å². The number of carbonyl (C=O) groups is 1. The van der Waals surface area contributed by atoms with Crippen LogP contribution < -0.4 is 0 Å². The van der Waals surface area contributed by atoms with Gasteiger partial charge in [-0.15, -0.1) is 0 Å². The van der Waals surface area contributed by atoms with E-state index in [1.165, 1.54) is 12.1 Å². The number of carbonyl (C=O) groups excluding carboxylic acids is 1. The van der Waals surface area contributed by atoms with Gasteiger partial charge < -0.3 is 4.18 Å². The standard InChI is InChI=1S/C9H10O4S.Na.H/c1-7-3-5-9(6-4-7)14(11,12)13-8(2)10;;/h3-6H,1-2H3;;. The molecular formula is C9H11NaO4S. The maximum absolute atomic E-state index is 11.3. The molecule has 4 nitrogen and oxygen atoms in total. The third-order valence-corrected chi connectivity index (χ3v) is 2.84. The third kappa shape index (κ3) is 4.34. The van der Waals surface area contributed by atoms with Crippen LogP contribution in [0.25, 0.3) is 0 Å². The zero-order valence-corrected chi connectivity index (χ0v) is 8.67. The van der Waals surface area contributed by atoms with E-state index in [1.807, 2.05) is 6.92 Å². The van der Waals surface area contributed by atoms with E-state index in [0.29, 0.717) is 0 Å². The number of hydrogen-bond acceptors (Lipinski definition) is 4. The SMILES string of the molecule is CC(=O)OS(=O)(=O)c1ccc(C)cc1.[NaH]. The van der Waals surface area contributed by atoms with Crippen molar-refractivity contribution in [1.82, 2.24) is 0 Å². The van der Waals surface area contributed by atoms with E-state index in [4.69, 9.17) is 0 Å². The van der Waals surface area contributed by atoms with Crippen molar-refractivity contribution in [2.75, 3.05) is 0 Å². The molecule has 0 atom stereocenters. The fourth-order valence-electron chi connectivity index (χ4n) is 0.908. The second-order valence-corrected chi connectivity index (χ2v) is 4.39. The Morgan fingerprint density at radius 2 is 1.67 bits per heavy atom. The zero-order chi connectivity index (χ0) is 10.8. The van der Waals surface area contributed by atoms with Gasteiger partial charge in [0, 0.05) is 6.92 Å². The van der Waals surface area contributed by atoms with Crippen LogP contribution in [-0.4, -0.2) is 43.9 Å². The quantitative estimate of drug-likeness (QED) is 0.559. The van der Waals surface area contributed by atoms with Crippen LogP contribution in [0, 0.1) is 6.92 Å². The first kappa shape index (κ1) is 14.6. The van der Waals surface area contributed by atoms with Gasteiger partial charge in [-0.05, 0) is 19.1 Å². The fourth-order valence-corrected chi connectivity index (χ4v) is 1.78. The summed E-state index contributed by atoms with van der Waals surface area (Å²) in [6, 6.07) is 6.06. The summed E-state index contributed by atoms with van der Waals surface area (Å²) in [5, 5.41) is 0. The van der Waals surface area contributed by atoms with Gasteiger partial charge in [0.15, 0.2) is 0 Å². The van der Waals surface area contributed by atoms with Crippen molar-refractivity contribution >= 4 is 45.6 Å². The molecule has 0 fully saturated rings. The zero-order valence-electron chi connectivity index (χ0n) is 7.85. The van der Waals surface area contributed by atoms with Crippen molar-refractivity contribution in [3.63, 3.8) is 0 Å². The third-order valence-electron chi connectivity index (χ3n) is 1.54. The van der Waals surface area contributed by atoms with E-state index in [9.17, 15) is 13.2 Å². The average Bonchev–Trinajstić information content (AvgIpc) is 2.02. The van der Waals surface area contributed by atoms with Crippen LogP contribution in [0.3, 0.4) is 0 Å². The Kier molecular flexibility index (Phi) is 5.51. The number of aryl methyl sites for hydroxylation is 1. The molecular weight excluding hydrogens is 227 g/mol. The molecule has 0 spiro atoms. The molecule has 0 saturated carbocycles. The summed E-state index contributed by atoms with van der Waals surface area (Å²) in [7, 11) is -3.93. The molecule has 0 N–H and O–H groups in total. The normalized spacial score (nSPS) is 10.3. The molecule has 15 heavy (non-hydrogen) atoms. The predicted molar refractivity (Wildman–Crippen MR) is 57.3 cm³/mol. The van der Waals surface area contributed by atoms with Crippen LogP contribution in [0.5, 0.6) is 0 Å². The van der Waals surface area contributed by atoms with Crippen LogP contribution in [0.2, 0.25) is 0 Å². The molecule has 0 amide bonds. The van der Waals surface area contributed by atoms with Gasteiger partial charge in [-0.25, -0.2) is 0 Å². The van der Waals surface area contributed by atoms with Crippen molar-refractivity contribution in [2.24, 2.45) is 0 Å². The molecule has 0 aromatic heterocycles.